The number of carbonyl (C=O) groups excluding carboxylic acids is 2. The molecular formula is C36H38FN7O5. The maximum atomic E-state index is 14.3. The zero-order valence-electron chi connectivity index (χ0n) is 27.4. The Kier molecular flexibility index (Phi) is 7.75. The summed E-state index contributed by atoms with van der Waals surface area (Å²) in [5.41, 5.74) is 11.9. The van der Waals surface area contributed by atoms with Crippen molar-refractivity contribution >= 4 is 39.8 Å². The Morgan fingerprint density at radius 2 is 1.88 bits per heavy atom. The molecule has 254 valence electrons. The summed E-state index contributed by atoms with van der Waals surface area (Å²) in [6.07, 6.45) is 0.391. The van der Waals surface area contributed by atoms with E-state index in [-0.39, 0.29) is 25.5 Å². The summed E-state index contributed by atoms with van der Waals surface area (Å²) >= 11 is 0. The monoisotopic (exact) mass is 667 g/mol. The fourth-order valence-electron chi connectivity index (χ4n) is 7.10. The SMILES string of the molecule is COc1cc(C(=O)N2CC(N)C[C@@H](F)C2)cc2nc(-c3cc4ccc(-c5ccc(N6C[C@H](CO)OC6=O)cc5)nc4n3CC3CC3)n(C)c12. The van der Waals surface area contributed by atoms with Crippen LogP contribution < -0.4 is 15.4 Å². The van der Waals surface area contributed by atoms with E-state index < -0.39 is 24.4 Å². The van der Waals surface area contributed by atoms with Crippen molar-refractivity contribution < 1.29 is 28.6 Å². The highest BCUT2D eigenvalue weighted by Gasteiger charge is 2.33. The molecule has 1 unspecified atom stereocenters. The van der Waals surface area contributed by atoms with Crippen LogP contribution in [0.5, 0.6) is 5.75 Å². The minimum atomic E-state index is -1.15. The Labute approximate surface area is 281 Å². The lowest BCUT2D eigenvalue weighted by Crippen LogP contribution is -2.50. The lowest BCUT2D eigenvalue weighted by molar-refractivity contribution is 0.0606. The molecule has 0 spiro atoms. The number of nitrogens with two attached hydrogens (primary N) is 1. The van der Waals surface area contributed by atoms with Crippen molar-refractivity contribution in [3.05, 3.63) is 60.2 Å². The number of fused-ring (bicyclic) bond motifs is 2. The molecule has 12 nitrogen and oxygen atoms in total. The number of carbonyl (C=O) groups is 2. The number of likely N-dealkylation sites (tertiary alicyclic amines) is 1. The number of hydrogen-bond donors (Lipinski definition) is 2. The van der Waals surface area contributed by atoms with Gasteiger partial charge < -0.3 is 34.3 Å². The van der Waals surface area contributed by atoms with Crippen molar-refractivity contribution in [3.63, 3.8) is 0 Å². The predicted octanol–water partition coefficient (Wildman–Crippen LogP) is 4.50. The summed E-state index contributed by atoms with van der Waals surface area (Å²) in [6, 6.07) is 16.8. The molecule has 3 atom stereocenters. The summed E-state index contributed by atoms with van der Waals surface area (Å²) < 4.78 is 29.5. The van der Waals surface area contributed by atoms with E-state index in [1.165, 1.54) is 9.80 Å². The molecule has 2 aromatic carbocycles. The quantitative estimate of drug-likeness (QED) is 0.247. The number of anilines is 1. The Morgan fingerprint density at radius 1 is 1.08 bits per heavy atom. The average Bonchev–Trinajstić information content (AvgIpc) is 3.61. The Balaban J connectivity index is 1.16. The normalized spacial score (nSPS) is 21.2. The fourth-order valence-corrected chi connectivity index (χ4v) is 7.10. The summed E-state index contributed by atoms with van der Waals surface area (Å²) in [6.45, 7) is 1.19. The Hall–Kier alpha value is -5.01. The molecule has 3 fully saturated rings. The zero-order valence-corrected chi connectivity index (χ0v) is 27.4. The van der Waals surface area contributed by atoms with Crippen LogP contribution in [0.1, 0.15) is 29.6 Å². The van der Waals surface area contributed by atoms with E-state index in [1.807, 2.05) is 41.9 Å². The molecule has 3 aliphatic rings. The number of imidazole rings is 1. The number of halogens is 1. The minimum absolute atomic E-state index is 0.0128. The van der Waals surface area contributed by atoms with Crippen molar-refractivity contribution in [2.75, 3.05) is 38.3 Å². The number of alkyl halides is 1. The van der Waals surface area contributed by atoms with Crippen LogP contribution in [0.2, 0.25) is 0 Å². The molecule has 0 radical (unpaired) electrons. The molecular weight excluding hydrogens is 629 g/mol. The van der Waals surface area contributed by atoms with Gasteiger partial charge in [0.2, 0.25) is 0 Å². The number of amides is 2. The van der Waals surface area contributed by atoms with Crippen molar-refractivity contribution in [1.29, 1.82) is 0 Å². The largest absolute Gasteiger partial charge is 0.494 e. The molecule has 8 rings (SSSR count). The lowest BCUT2D eigenvalue weighted by atomic mass is 10.0. The van der Waals surface area contributed by atoms with Gasteiger partial charge in [-0.15, -0.1) is 0 Å². The molecule has 1 aliphatic carbocycles. The summed E-state index contributed by atoms with van der Waals surface area (Å²) in [7, 11) is 3.50. The van der Waals surface area contributed by atoms with Gasteiger partial charge in [0.05, 0.1) is 43.7 Å². The van der Waals surface area contributed by atoms with Crippen LogP contribution in [0.4, 0.5) is 14.9 Å². The van der Waals surface area contributed by atoms with E-state index in [2.05, 4.69) is 16.7 Å². The van der Waals surface area contributed by atoms with Gasteiger partial charge in [-0.05, 0) is 67.6 Å². The van der Waals surface area contributed by atoms with E-state index in [4.69, 9.17) is 25.2 Å². The van der Waals surface area contributed by atoms with Crippen molar-refractivity contribution in [1.82, 2.24) is 24.0 Å². The molecule has 2 amide bonds. The number of pyridine rings is 1. The van der Waals surface area contributed by atoms with E-state index in [0.29, 0.717) is 47.3 Å². The van der Waals surface area contributed by atoms with Gasteiger partial charge in [0.1, 0.15) is 29.2 Å². The number of nitrogens with zero attached hydrogens (tertiary/aromatic N) is 6. The Morgan fingerprint density at radius 3 is 2.57 bits per heavy atom. The number of rotatable bonds is 8. The molecule has 2 aliphatic heterocycles. The standard InChI is InChI=1S/C36H38FN7O5/c1-41-32-29(11-23(13-31(32)48-2)35(46)42-16-24(37)14-25(38)17-42)40-34(41)30-12-22-7-10-28(39-33(22)44(30)15-20-3-4-20)21-5-8-26(9-6-21)43-18-27(19-45)49-36(43)47/h5-13,20,24-25,27,45H,3-4,14-19,38H2,1-2H3/t24-,25?,27-/m1/s1. The molecule has 49 heavy (non-hydrogen) atoms. The first-order chi connectivity index (χ1) is 23.7. The number of hydrogen-bond acceptors (Lipinski definition) is 8. The van der Waals surface area contributed by atoms with Crippen LogP contribution in [-0.2, 0) is 18.3 Å². The van der Waals surface area contributed by atoms with Crippen LogP contribution in [0.15, 0.2) is 54.6 Å². The van der Waals surface area contributed by atoms with Crippen molar-refractivity contribution in [2.45, 2.75) is 44.1 Å². The summed E-state index contributed by atoms with van der Waals surface area (Å²) in [4.78, 5) is 38.9. The zero-order chi connectivity index (χ0) is 34.0. The third-order valence-corrected chi connectivity index (χ3v) is 9.78. The smallest absolute Gasteiger partial charge is 0.414 e. The number of aryl methyl sites for hydroxylation is 1. The third kappa shape index (κ3) is 5.66. The van der Waals surface area contributed by atoms with E-state index in [9.17, 15) is 19.1 Å². The first-order valence-electron chi connectivity index (χ1n) is 16.6. The summed E-state index contributed by atoms with van der Waals surface area (Å²) in [5.74, 6) is 1.46. The average molecular weight is 668 g/mol. The van der Waals surface area contributed by atoms with Crippen LogP contribution in [0.3, 0.4) is 0 Å². The highest BCUT2D eigenvalue weighted by atomic mass is 19.1. The van der Waals surface area contributed by atoms with Crippen LogP contribution in [0, 0.1) is 5.92 Å². The number of aliphatic hydroxyl groups is 1. The first-order valence-corrected chi connectivity index (χ1v) is 16.6. The highest BCUT2D eigenvalue weighted by Crippen LogP contribution is 2.38. The number of cyclic esters (lactones) is 1. The van der Waals surface area contributed by atoms with Gasteiger partial charge in [-0.2, -0.15) is 0 Å². The van der Waals surface area contributed by atoms with E-state index in [1.54, 1.807) is 19.2 Å². The number of aromatic nitrogens is 4. The molecule has 0 bridgehead atoms. The van der Waals surface area contributed by atoms with Crippen LogP contribution in [0.25, 0.3) is 44.8 Å². The number of methoxy groups -OCH3 is 1. The van der Waals surface area contributed by atoms with Gasteiger partial charge in [-0.1, -0.05) is 12.1 Å². The minimum Gasteiger partial charge on any atom is -0.494 e. The molecule has 5 heterocycles. The maximum Gasteiger partial charge on any atom is 0.414 e. The van der Waals surface area contributed by atoms with Gasteiger partial charge in [-0.3, -0.25) is 9.69 Å². The lowest BCUT2D eigenvalue weighted by Gasteiger charge is -2.33. The summed E-state index contributed by atoms with van der Waals surface area (Å²) in [5, 5.41) is 10.4. The second-order valence-corrected chi connectivity index (χ2v) is 13.4. The molecule has 1 saturated carbocycles. The predicted molar refractivity (Wildman–Crippen MR) is 182 cm³/mol. The topological polar surface area (TPSA) is 141 Å². The van der Waals surface area contributed by atoms with Gasteiger partial charge >= 0.3 is 6.09 Å². The van der Waals surface area contributed by atoms with Crippen LogP contribution >= 0.6 is 0 Å². The molecule has 2 saturated heterocycles. The fraction of sp³-hybridized carbons (Fsp3) is 0.389. The first kappa shape index (κ1) is 31.3. The van der Waals surface area contributed by atoms with Crippen molar-refractivity contribution in [2.24, 2.45) is 18.7 Å². The van der Waals surface area contributed by atoms with Gasteiger partial charge in [0.15, 0.2) is 5.82 Å². The second-order valence-electron chi connectivity index (χ2n) is 13.4. The third-order valence-electron chi connectivity index (χ3n) is 9.78. The number of benzene rings is 2. The van der Waals surface area contributed by atoms with Gasteiger partial charge in [0, 0.05) is 48.4 Å². The highest BCUT2D eigenvalue weighted by molar-refractivity contribution is 6.00. The Bertz CT molecular complexity index is 2080. The van der Waals surface area contributed by atoms with Crippen molar-refractivity contribution in [3.8, 4) is 28.5 Å². The van der Waals surface area contributed by atoms with Gasteiger partial charge in [0.25, 0.3) is 5.91 Å². The molecule has 3 N–H and O–H groups in total. The van der Waals surface area contributed by atoms with E-state index >= 15 is 0 Å². The van der Waals surface area contributed by atoms with Gasteiger partial charge in [-0.25, -0.2) is 19.2 Å². The van der Waals surface area contributed by atoms with Crippen LogP contribution in [-0.4, -0.2) is 92.8 Å². The maximum absolute atomic E-state index is 14.3. The number of piperidine rings is 1. The number of aliphatic hydroxyl groups excluding tert-OH is 1. The molecule has 13 heteroatoms. The molecule has 5 aromatic rings. The number of ether oxygens (including phenoxy) is 2. The second kappa shape index (κ2) is 12.1. The van der Waals surface area contributed by atoms with E-state index in [0.717, 1.165) is 52.9 Å². The molecule has 3 aromatic heterocycles.